The first-order chi connectivity index (χ1) is 11.9. The summed E-state index contributed by atoms with van der Waals surface area (Å²) in [6.07, 6.45) is -3.01. The summed E-state index contributed by atoms with van der Waals surface area (Å²) in [5.74, 6) is -0.457. The molecule has 0 spiro atoms. The van der Waals surface area contributed by atoms with Crippen molar-refractivity contribution in [2.24, 2.45) is 0 Å². The molecule has 0 saturated heterocycles. The van der Waals surface area contributed by atoms with E-state index in [2.05, 4.69) is 15.3 Å². The number of anilines is 1. The van der Waals surface area contributed by atoms with Crippen LogP contribution in [0, 0.1) is 12.7 Å². The summed E-state index contributed by atoms with van der Waals surface area (Å²) >= 11 is 0. The molecule has 1 aromatic heterocycles. The van der Waals surface area contributed by atoms with Crippen LogP contribution in [-0.2, 0) is 0 Å². The number of phenolic OH excluding ortho intramolecular Hbond substituents is 1. The van der Waals surface area contributed by atoms with Crippen LogP contribution in [0.3, 0.4) is 0 Å². The van der Waals surface area contributed by atoms with Crippen molar-refractivity contribution in [1.29, 1.82) is 0 Å². The van der Waals surface area contributed by atoms with Gasteiger partial charge in [-0.05, 0) is 38.1 Å². The Kier molecular flexibility index (Phi) is 4.48. The molecule has 130 valence electrons. The van der Waals surface area contributed by atoms with Crippen molar-refractivity contribution in [3.8, 4) is 5.75 Å². The minimum atomic E-state index is -3.01. The van der Waals surface area contributed by atoms with Gasteiger partial charge in [-0.3, -0.25) is 0 Å². The number of halogens is 3. The van der Waals surface area contributed by atoms with E-state index in [1.165, 1.54) is 0 Å². The van der Waals surface area contributed by atoms with Crippen LogP contribution in [0.5, 0.6) is 5.75 Å². The molecule has 0 bridgehead atoms. The fourth-order valence-electron chi connectivity index (χ4n) is 2.71. The quantitative estimate of drug-likeness (QED) is 0.705. The third kappa shape index (κ3) is 3.35. The highest BCUT2D eigenvalue weighted by atomic mass is 19.3. The van der Waals surface area contributed by atoms with Gasteiger partial charge in [0.15, 0.2) is 0 Å². The van der Waals surface area contributed by atoms with E-state index >= 15 is 0 Å². The zero-order valence-corrected chi connectivity index (χ0v) is 13.6. The van der Waals surface area contributed by atoms with Crippen molar-refractivity contribution < 1.29 is 18.3 Å². The number of rotatable bonds is 4. The number of phenols is 1. The van der Waals surface area contributed by atoms with Gasteiger partial charge in [0.05, 0.1) is 17.1 Å². The topological polar surface area (TPSA) is 58.0 Å². The predicted molar refractivity (Wildman–Crippen MR) is 89.3 cm³/mol. The standard InChI is InChI=1S/C18H16F3N3O/c1-9(13-7-11(25)8-14(16(13)19)17(20)21)22-18-12-5-3-4-6-15(12)23-10(2)24-18/h3-9,17,25H,1-2H3,(H,22,23,24). The summed E-state index contributed by atoms with van der Waals surface area (Å²) in [7, 11) is 0. The number of nitrogens with zero attached hydrogens (tertiary/aromatic N) is 2. The number of aryl methyl sites for hydroxylation is 1. The van der Waals surface area contributed by atoms with Gasteiger partial charge >= 0.3 is 0 Å². The fraction of sp³-hybridized carbons (Fsp3) is 0.222. The van der Waals surface area contributed by atoms with Crippen molar-refractivity contribution >= 4 is 16.7 Å². The number of para-hydroxylation sites is 1. The molecule has 2 N–H and O–H groups in total. The first kappa shape index (κ1) is 17.0. The first-order valence-corrected chi connectivity index (χ1v) is 7.67. The molecule has 0 radical (unpaired) electrons. The Balaban J connectivity index is 2.03. The third-order valence-corrected chi connectivity index (χ3v) is 3.88. The van der Waals surface area contributed by atoms with Gasteiger partial charge in [-0.2, -0.15) is 0 Å². The van der Waals surface area contributed by atoms with Crippen molar-refractivity contribution in [3.63, 3.8) is 0 Å². The van der Waals surface area contributed by atoms with Crippen LogP contribution in [0.1, 0.15) is 36.3 Å². The van der Waals surface area contributed by atoms with E-state index in [9.17, 15) is 18.3 Å². The molecule has 3 aromatic rings. The van der Waals surface area contributed by atoms with E-state index in [0.29, 0.717) is 17.2 Å². The summed E-state index contributed by atoms with van der Waals surface area (Å²) in [6.45, 7) is 3.34. The van der Waals surface area contributed by atoms with Crippen LogP contribution >= 0.6 is 0 Å². The predicted octanol–water partition coefficient (Wildman–Crippen LogP) is 4.89. The maximum absolute atomic E-state index is 14.4. The van der Waals surface area contributed by atoms with E-state index in [-0.39, 0.29) is 5.56 Å². The molecule has 3 rings (SSSR count). The van der Waals surface area contributed by atoms with E-state index < -0.39 is 29.6 Å². The molecule has 2 aromatic carbocycles. The summed E-state index contributed by atoms with van der Waals surface area (Å²) in [5, 5.41) is 13.4. The lowest BCUT2D eigenvalue weighted by Crippen LogP contribution is -2.12. The number of aromatic nitrogens is 2. The molecule has 25 heavy (non-hydrogen) atoms. The van der Waals surface area contributed by atoms with Gasteiger partial charge in [-0.1, -0.05) is 12.1 Å². The average molecular weight is 347 g/mol. The molecule has 1 unspecified atom stereocenters. The van der Waals surface area contributed by atoms with Crippen molar-refractivity contribution in [1.82, 2.24) is 9.97 Å². The van der Waals surface area contributed by atoms with Crippen LogP contribution in [0.25, 0.3) is 10.9 Å². The van der Waals surface area contributed by atoms with E-state index in [1.807, 2.05) is 24.3 Å². The second-order valence-corrected chi connectivity index (χ2v) is 5.74. The molecular formula is C18H16F3N3O. The molecule has 0 fully saturated rings. The lowest BCUT2D eigenvalue weighted by Gasteiger charge is -2.19. The smallest absolute Gasteiger partial charge is 0.266 e. The van der Waals surface area contributed by atoms with Gasteiger partial charge in [0.25, 0.3) is 6.43 Å². The first-order valence-electron chi connectivity index (χ1n) is 7.67. The van der Waals surface area contributed by atoms with Crippen molar-refractivity contribution in [2.45, 2.75) is 26.3 Å². The second kappa shape index (κ2) is 6.58. The Bertz CT molecular complexity index is 931. The molecule has 0 amide bonds. The van der Waals surface area contributed by atoms with Gasteiger partial charge in [0.2, 0.25) is 0 Å². The highest BCUT2D eigenvalue weighted by Crippen LogP contribution is 2.33. The van der Waals surface area contributed by atoms with Crippen molar-refractivity contribution in [3.05, 3.63) is 59.2 Å². The zero-order valence-electron chi connectivity index (χ0n) is 13.6. The number of hydrogen-bond donors (Lipinski definition) is 2. The SMILES string of the molecule is Cc1nc(NC(C)c2cc(O)cc(C(F)F)c2F)c2ccccc2n1. The summed E-state index contributed by atoms with van der Waals surface area (Å²) in [4.78, 5) is 8.64. The number of fused-ring (bicyclic) bond motifs is 1. The maximum Gasteiger partial charge on any atom is 0.266 e. The Morgan fingerprint density at radius 3 is 2.48 bits per heavy atom. The van der Waals surface area contributed by atoms with Crippen molar-refractivity contribution in [2.75, 3.05) is 5.32 Å². The molecule has 1 heterocycles. The Morgan fingerprint density at radius 2 is 1.76 bits per heavy atom. The van der Waals surface area contributed by atoms with Crippen LogP contribution in [0.2, 0.25) is 0 Å². The molecule has 0 saturated carbocycles. The number of alkyl halides is 2. The van der Waals surface area contributed by atoms with Crippen LogP contribution in [-0.4, -0.2) is 15.1 Å². The van der Waals surface area contributed by atoms with Crippen LogP contribution < -0.4 is 5.32 Å². The number of hydrogen-bond acceptors (Lipinski definition) is 4. The molecule has 0 aliphatic carbocycles. The number of benzene rings is 2. The van der Waals surface area contributed by atoms with E-state index in [0.717, 1.165) is 17.5 Å². The molecule has 0 aliphatic heterocycles. The maximum atomic E-state index is 14.4. The Hall–Kier alpha value is -2.83. The van der Waals surface area contributed by atoms with Gasteiger partial charge in [0.1, 0.15) is 23.2 Å². The molecule has 1 atom stereocenters. The highest BCUT2D eigenvalue weighted by molar-refractivity contribution is 5.89. The summed E-state index contributed by atoms with van der Waals surface area (Å²) in [5.41, 5.74) is -0.169. The molecule has 0 aliphatic rings. The van der Waals surface area contributed by atoms with E-state index in [1.54, 1.807) is 13.8 Å². The average Bonchev–Trinajstić information content (AvgIpc) is 2.56. The Morgan fingerprint density at radius 1 is 1.08 bits per heavy atom. The minimum absolute atomic E-state index is 0.0596. The van der Waals surface area contributed by atoms with Gasteiger partial charge in [-0.15, -0.1) is 0 Å². The fourth-order valence-corrected chi connectivity index (χ4v) is 2.71. The monoisotopic (exact) mass is 347 g/mol. The molecule has 4 nitrogen and oxygen atoms in total. The van der Waals surface area contributed by atoms with Gasteiger partial charge < -0.3 is 10.4 Å². The Labute approximate surface area is 142 Å². The largest absolute Gasteiger partial charge is 0.508 e. The normalized spacial score (nSPS) is 12.6. The summed E-state index contributed by atoms with van der Waals surface area (Å²) < 4.78 is 40.3. The third-order valence-electron chi connectivity index (χ3n) is 3.88. The molecular weight excluding hydrogens is 331 g/mol. The number of nitrogens with one attached hydrogen (secondary N) is 1. The van der Waals surface area contributed by atoms with Gasteiger partial charge in [0, 0.05) is 10.9 Å². The second-order valence-electron chi connectivity index (χ2n) is 5.74. The summed E-state index contributed by atoms with van der Waals surface area (Å²) in [6, 6.07) is 8.47. The zero-order chi connectivity index (χ0) is 18.1. The highest BCUT2D eigenvalue weighted by Gasteiger charge is 2.22. The lowest BCUT2D eigenvalue weighted by atomic mass is 10.0. The molecule has 7 heteroatoms. The minimum Gasteiger partial charge on any atom is -0.508 e. The van der Waals surface area contributed by atoms with Crippen LogP contribution in [0.4, 0.5) is 19.0 Å². The van der Waals surface area contributed by atoms with Crippen LogP contribution in [0.15, 0.2) is 36.4 Å². The van der Waals surface area contributed by atoms with E-state index in [4.69, 9.17) is 0 Å². The number of aromatic hydroxyl groups is 1. The van der Waals surface area contributed by atoms with Gasteiger partial charge in [-0.25, -0.2) is 23.1 Å². The lowest BCUT2D eigenvalue weighted by molar-refractivity contribution is 0.145.